The molecular weight excluding hydrogens is 455 g/mol. The minimum absolute atomic E-state index is 0.0477. The maximum atomic E-state index is 10.6. The average Bonchev–Trinajstić information content (AvgIpc) is 2.09. The molecule has 0 aliphatic rings. The zero-order valence-electron chi connectivity index (χ0n) is 7.80. The van der Waals surface area contributed by atoms with Crippen molar-refractivity contribution in [2.24, 2.45) is 16.5 Å². The highest BCUT2D eigenvalue weighted by Crippen LogP contribution is 2.33. The molecule has 0 bridgehead atoms. The molecule has 0 aliphatic carbocycles. The topological polar surface area (TPSA) is 93.5 Å². The van der Waals surface area contributed by atoms with Crippen molar-refractivity contribution in [3.05, 3.63) is 24.6 Å². The van der Waals surface area contributed by atoms with Crippen molar-refractivity contribution in [1.82, 2.24) is 5.32 Å². The number of primary amides is 1. The lowest BCUT2D eigenvalue weighted by atomic mass is 10.3. The number of hydrogen-bond acceptors (Lipinski definition) is 2. The summed E-state index contributed by atoms with van der Waals surface area (Å²) in [5.74, 6) is -0.0477. The Morgan fingerprint density at radius 1 is 1.38 bits per heavy atom. The zero-order chi connectivity index (χ0) is 12.3. The number of carbonyl (C=O) groups excluding carboxylic acids is 1. The molecule has 1 aromatic rings. The van der Waals surface area contributed by atoms with Gasteiger partial charge in [0.05, 0.1) is 5.69 Å². The first-order valence-corrected chi connectivity index (χ1v) is 6.62. The zero-order valence-corrected chi connectivity index (χ0v) is 13.1. The second kappa shape index (κ2) is 5.82. The molecule has 0 radical (unpaired) electrons. The maximum Gasteiger partial charge on any atom is 0.318 e. The van der Waals surface area contributed by atoms with Crippen molar-refractivity contribution >= 4 is 72.1 Å². The van der Waals surface area contributed by atoms with E-state index in [0.717, 1.165) is 12.5 Å². The molecular formula is C8H7Br2IN4O. The van der Waals surface area contributed by atoms with Gasteiger partial charge in [0.25, 0.3) is 0 Å². The lowest BCUT2D eigenvalue weighted by Crippen LogP contribution is -2.40. The van der Waals surface area contributed by atoms with Gasteiger partial charge in [-0.2, -0.15) is 0 Å². The number of amides is 2. The summed E-state index contributed by atoms with van der Waals surface area (Å²) < 4.78 is 2.57. The lowest BCUT2D eigenvalue weighted by Gasteiger charge is -2.05. The number of rotatable bonds is 1. The van der Waals surface area contributed by atoms with E-state index >= 15 is 0 Å². The Labute approximate surface area is 122 Å². The summed E-state index contributed by atoms with van der Waals surface area (Å²) in [4.78, 5) is 14.6. The molecule has 0 fully saturated rings. The third kappa shape index (κ3) is 3.91. The monoisotopic (exact) mass is 460 g/mol. The number of halogens is 3. The third-order valence-electron chi connectivity index (χ3n) is 1.47. The van der Waals surface area contributed by atoms with Crippen molar-refractivity contribution in [2.45, 2.75) is 0 Å². The lowest BCUT2D eigenvalue weighted by molar-refractivity contribution is 0.253. The number of hydrogen-bond donors (Lipinski definition) is 3. The third-order valence-corrected chi connectivity index (χ3v) is 3.35. The van der Waals surface area contributed by atoms with E-state index in [4.69, 9.17) is 11.5 Å². The van der Waals surface area contributed by atoms with Crippen LogP contribution in [0, 0.1) is 3.57 Å². The van der Waals surface area contributed by atoms with Crippen molar-refractivity contribution in [3.63, 3.8) is 0 Å². The molecule has 0 heterocycles. The standard InChI is InChI=1S/C8H7Br2IN4O/c9-3-1-4(10)6(5(11)2-3)14-7(12)15-8(13)16/h1-2H,(H5,12,13,14,15,16). The largest absolute Gasteiger partial charge is 0.369 e. The van der Waals surface area contributed by atoms with E-state index < -0.39 is 6.03 Å². The SMILES string of the molecule is NC(=O)NC(N)=Nc1c(Br)cc(Br)cc1I. The molecule has 0 saturated carbocycles. The van der Waals surface area contributed by atoms with E-state index in [1.54, 1.807) is 0 Å². The molecule has 86 valence electrons. The van der Waals surface area contributed by atoms with Crippen LogP contribution in [-0.4, -0.2) is 12.0 Å². The Morgan fingerprint density at radius 2 is 2.00 bits per heavy atom. The predicted molar refractivity (Wildman–Crippen MR) is 78.6 cm³/mol. The van der Waals surface area contributed by atoms with Crippen LogP contribution < -0.4 is 16.8 Å². The van der Waals surface area contributed by atoms with Gasteiger partial charge >= 0.3 is 6.03 Å². The highest BCUT2D eigenvalue weighted by atomic mass is 127. The number of nitrogens with one attached hydrogen (secondary N) is 1. The molecule has 0 aliphatic heterocycles. The first kappa shape index (κ1) is 13.7. The summed E-state index contributed by atoms with van der Waals surface area (Å²) in [7, 11) is 0. The average molecular weight is 462 g/mol. The highest BCUT2D eigenvalue weighted by Gasteiger charge is 2.07. The van der Waals surface area contributed by atoms with E-state index in [0.29, 0.717) is 5.69 Å². The second-order valence-corrected chi connectivity index (χ2v) is 5.64. The van der Waals surface area contributed by atoms with Gasteiger partial charge in [0.1, 0.15) is 0 Å². The normalized spacial score (nSPS) is 11.3. The maximum absolute atomic E-state index is 10.6. The van der Waals surface area contributed by atoms with E-state index in [9.17, 15) is 4.79 Å². The summed E-state index contributed by atoms with van der Waals surface area (Å²) in [6.07, 6.45) is 0. The van der Waals surface area contributed by atoms with Gasteiger partial charge in [-0.1, -0.05) is 15.9 Å². The highest BCUT2D eigenvalue weighted by molar-refractivity contribution is 14.1. The molecule has 0 atom stereocenters. The molecule has 0 spiro atoms. The molecule has 5 nitrogen and oxygen atoms in total. The Hall–Kier alpha value is -0.350. The first-order chi connectivity index (χ1) is 7.40. The number of aliphatic imine (C=N–C) groups is 1. The van der Waals surface area contributed by atoms with Crippen LogP contribution in [0.1, 0.15) is 0 Å². The van der Waals surface area contributed by atoms with Crippen LogP contribution in [0.25, 0.3) is 0 Å². The number of nitrogens with two attached hydrogens (primary N) is 2. The summed E-state index contributed by atoms with van der Waals surface area (Å²) >= 11 is 8.81. The molecule has 2 amide bonds. The number of guanidine groups is 1. The van der Waals surface area contributed by atoms with Crippen LogP contribution in [0.2, 0.25) is 0 Å². The van der Waals surface area contributed by atoms with E-state index in [2.05, 4.69) is 64.8 Å². The Bertz CT molecular complexity index is 440. The molecule has 5 N–H and O–H groups in total. The van der Waals surface area contributed by atoms with Crippen molar-refractivity contribution in [1.29, 1.82) is 0 Å². The Balaban J connectivity index is 3.10. The van der Waals surface area contributed by atoms with Gasteiger partial charge in [-0.15, -0.1) is 0 Å². The van der Waals surface area contributed by atoms with Gasteiger partial charge in [-0.3, -0.25) is 5.32 Å². The molecule has 16 heavy (non-hydrogen) atoms. The van der Waals surface area contributed by atoms with Gasteiger partial charge in [0.15, 0.2) is 0 Å². The molecule has 1 aromatic carbocycles. The summed E-state index contributed by atoms with van der Waals surface area (Å²) in [6, 6.07) is 2.96. The molecule has 1 rings (SSSR count). The van der Waals surface area contributed by atoms with Gasteiger partial charge in [0, 0.05) is 12.5 Å². The fourth-order valence-corrected chi connectivity index (χ4v) is 3.78. The van der Waals surface area contributed by atoms with E-state index in [-0.39, 0.29) is 5.96 Å². The predicted octanol–water partition coefficient (Wildman–Crippen LogP) is 2.43. The Morgan fingerprint density at radius 3 is 2.50 bits per heavy atom. The minimum Gasteiger partial charge on any atom is -0.369 e. The van der Waals surface area contributed by atoms with E-state index in [1.165, 1.54) is 0 Å². The van der Waals surface area contributed by atoms with Crippen LogP contribution in [0.15, 0.2) is 26.1 Å². The minimum atomic E-state index is -0.746. The molecule has 0 saturated heterocycles. The van der Waals surface area contributed by atoms with Gasteiger partial charge < -0.3 is 11.5 Å². The summed E-state index contributed by atoms with van der Waals surface area (Å²) in [5.41, 5.74) is 11.0. The smallest absolute Gasteiger partial charge is 0.318 e. The van der Waals surface area contributed by atoms with Crippen molar-refractivity contribution in [2.75, 3.05) is 0 Å². The fraction of sp³-hybridized carbons (Fsp3) is 0. The number of nitrogens with zero attached hydrogens (tertiary/aromatic N) is 1. The van der Waals surface area contributed by atoms with Crippen molar-refractivity contribution < 1.29 is 4.79 Å². The number of carbonyl (C=O) groups is 1. The van der Waals surface area contributed by atoms with Gasteiger partial charge in [-0.05, 0) is 50.7 Å². The first-order valence-electron chi connectivity index (χ1n) is 3.95. The molecule has 0 unspecified atom stereocenters. The second-order valence-electron chi connectivity index (χ2n) is 2.70. The molecule has 8 heteroatoms. The van der Waals surface area contributed by atoms with Crippen LogP contribution >= 0.6 is 54.5 Å². The number of benzene rings is 1. The van der Waals surface area contributed by atoms with Crippen LogP contribution in [0.5, 0.6) is 0 Å². The fourth-order valence-electron chi connectivity index (χ4n) is 0.916. The summed E-state index contributed by atoms with van der Waals surface area (Å²) in [6.45, 7) is 0. The molecule has 0 aromatic heterocycles. The van der Waals surface area contributed by atoms with Crippen LogP contribution in [-0.2, 0) is 0 Å². The van der Waals surface area contributed by atoms with E-state index in [1.807, 2.05) is 12.1 Å². The van der Waals surface area contributed by atoms with Crippen LogP contribution in [0.3, 0.4) is 0 Å². The summed E-state index contributed by atoms with van der Waals surface area (Å²) in [5, 5.41) is 2.19. The quantitative estimate of drug-likeness (QED) is 0.340. The van der Waals surface area contributed by atoms with Gasteiger partial charge in [0.2, 0.25) is 5.96 Å². The van der Waals surface area contributed by atoms with Crippen molar-refractivity contribution in [3.8, 4) is 0 Å². The Kier molecular flexibility index (Phi) is 4.99. The van der Waals surface area contributed by atoms with Crippen LogP contribution in [0.4, 0.5) is 10.5 Å². The van der Waals surface area contributed by atoms with Gasteiger partial charge in [-0.25, -0.2) is 9.79 Å². The number of urea groups is 1.